The Hall–Kier alpha value is -2.29. The van der Waals surface area contributed by atoms with Crippen LogP contribution in [0.15, 0.2) is 30.3 Å². The molecule has 0 aliphatic carbocycles. The molecule has 3 heteroatoms. The molecule has 2 nitrogen and oxygen atoms in total. The molecule has 0 fully saturated rings. The molecule has 0 aromatic heterocycles. The molecular weight excluding hydrogens is 267 g/mol. The number of aryl methyl sites for hydroxylation is 2. The highest BCUT2D eigenvalue weighted by Gasteiger charge is 2.07. The minimum Gasteiger partial charge on any atom is -0.504 e. The molecule has 0 saturated heterocycles. The number of halogens is 1. The van der Waals surface area contributed by atoms with Gasteiger partial charge in [0.1, 0.15) is 5.83 Å². The molecule has 21 heavy (non-hydrogen) atoms. The van der Waals surface area contributed by atoms with Crippen LogP contribution in [0.1, 0.15) is 27.8 Å². The fourth-order valence-electron chi connectivity index (χ4n) is 2.20. The van der Waals surface area contributed by atoms with Crippen molar-refractivity contribution in [3.63, 3.8) is 0 Å². The summed E-state index contributed by atoms with van der Waals surface area (Å²) in [5.74, 6) is 0.0377. The van der Waals surface area contributed by atoms with E-state index in [0.717, 1.165) is 11.1 Å². The third-order valence-corrected chi connectivity index (χ3v) is 3.70. The smallest absolute Gasteiger partial charge is 0.160 e. The number of ether oxygens (including phenoxy) is 1. The third-order valence-electron chi connectivity index (χ3n) is 3.70. The summed E-state index contributed by atoms with van der Waals surface area (Å²) in [5, 5.41) is 9.72. The summed E-state index contributed by atoms with van der Waals surface area (Å²) in [6, 6.07) is 8.45. The molecular formula is C18H19FO2. The van der Waals surface area contributed by atoms with Crippen molar-refractivity contribution >= 4 is 11.9 Å². The number of benzene rings is 2. The lowest BCUT2D eigenvalue weighted by Gasteiger charge is -2.08. The molecule has 0 saturated carbocycles. The number of methoxy groups -OCH3 is 1. The second-order valence-corrected chi connectivity index (χ2v) is 5.16. The Kier molecular flexibility index (Phi) is 4.32. The summed E-state index contributed by atoms with van der Waals surface area (Å²) in [6.07, 6.45) is 1.41. The average Bonchev–Trinajstić information content (AvgIpc) is 2.44. The lowest BCUT2D eigenvalue weighted by atomic mass is 9.99. The highest BCUT2D eigenvalue weighted by atomic mass is 19.1. The fourth-order valence-corrected chi connectivity index (χ4v) is 2.20. The summed E-state index contributed by atoms with van der Waals surface area (Å²) in [4.78, 5) is 0. The van der Waals surface area contributed by atoms with E-state index in [1.807, 2.05) is 32.9 Å². The number of rotatable bonds is 3. The van der Waals surface area contributed by atoms with Gasteiger partial charge in [0.25, 0.3) is 0 Å². The van der Waals surface area contributed by atoms with Crippen molar-refractivity contribution in [2.24, 2.45) is 0 Å². The highest BCUT2D eigenvalue weighted by molar-refractivity contribution is 5.78. The quantitative estimate of drug-likeness (QED) is 0.822. The van der Waals surface area contributed by atoms with Crippen LogP contribution in [0, 0.1) is 20.8 Å². The van der Waals surface area contributed by atoms with Gasteiger partial charge in [-0.15, -0.1) is 0 Å². The molecule has 2 aromatic carbocycles. The highest BCUT2D eigenvalue weighted by Crippen LogP contribution is 2.29. The number of aromatic hydroxyl groups is 1. The van der Waals surface area contributed by atoms with Crippen LogP contribution in [0.5, 0.6) is 11.5 Å². The fraction of sp³-hybridized carbons (Fsp3) is 0.222. The minimum atomic E-state index is -0.328. The van der Waals surface area contributed by atoms with Crippen LogP contribution < -0.4 is 4.74 Å². The predicted molar refractivity (Wildman–Crippen MR) is 84.3 cm³/mol. The van der Waals surface area contributed by atoms with Gasteiger partial charge in [0.15, 0.2) is 11.5 Å². The standard InChI is InChI=1S/C18H19FO2/c1-11-7-15(8-12(2)13(11)3)16(19)9-14-5-6-18(21-4)17(20)10-14/h5-10,20H,1-4H3/b16-9+. The van der Waals surface area contributed by atoms with Crippen molar-refractivity contribution in [1.29, 1.82) is 0 Å². The summed E-state index contributed by atoms with van der Waals surface area (Å²) >= 11 is 0. The van der Waals surface area contributed by atoms with E-state index in [4.69, 9.17) is 4.74 Å². The molecule has 1 N–H and O–H groups in total. The number of hydrogen-bond donors (Lipinski definition) is 1. The van der Waals surface area contributed by atoms with E-state index < -0.39 is 0 Å². The summed E-state index contributed by atoms with van der Waals surface area (Å²) in [7, 11) is 1.48. The second kappa shape index (κ2) is 6.00. The maximum absolute atomic E-state index is 14.4. The van der Waals surface area contributed by atoms with Gasteiger partial charge in [-0.1, -0.05) is 6.07 Å². The normalized spacial score (nSPS) is 11.6. The van der Waals surface area contributed by atoms with Crippen LogP contribution >= 0.6 is 0 Å². The Morgan fingerprint density at radius 3 is 2.24 bits per heavy atom. The van der Waals surface area contributed by atoms with Crippen molar-refractivity contribution in [2.75, 3.05) is 7.11 Å². The molecule has 0 aliphatic heterocycles. The van der Waals surface area contributed by atoms with Crippen molar-refractivity contribution in [3.05, 3.63) is 58.1 Å². The Labute approximate surface area is 124 Å². The first-order valence-electron chi connectivity index (χ1n) is 6.75. The maximum atomic E-state index is 14.4. The van der Waals surface area contributed by atoms with Gasteiger partial charge in [0.05, 0.1) is 7.11 Å². The lowest BCUT2D eigenvalue weighted by Crippen LogP contribution is -1.90. The Morgan fingerprint density at radius 2 is 1.71 bits per heavy atom. The van der Waals surface area contributed by atoms with Crippen molar-refractivity contribution < 1.29 is 14.2 Å². The number of phenolic OH excluding ortho intramolecular Hbond substituents is 1. The molecule has 0 radical (unpaired) electrons. The predicted octanol–water partition coefficient (Wildman–Crippen LogP) is 4.79. The van der Waals surface area contributed by atoms with Gasteiger partial charge in [-0.3, -0.25) is 0 Å². The Morgan fingerprint density at radius 1 is 1.10 bits per heavy atom. The molecule has 0 unspecified atom stereocenters. The second-order valence-electron chi connectivity index (χ2n) is 5.16. The average molecular weight is 286 g/mol. The zero-order valence-electron chi connectivity index (χ0n) is 12.7. The minimum absolute atomic E-state index is 0.00434. The van der Waals surface area contributed by atoms with Gasteiger partial charge < -0.3 is 9.84 Å². The van der Waals surface area contributed by atoms with Crippen LogP contribution in [0.3, 0.4) is 0 Å². The SMILES string of the molecule is COc1ccc(/C=C(/F)c2cc(C)c(C)c(C)c2)cc1O. The largest absolute Gasteiger partial charge is 0.504 e. The van der Waals surface area contributed by atoms with Crippen molar-refractivity contribution in [1.82, 2.24) is 0 Å². The molecule has 110 valence electrons. The topological polar surface area (TPSA) is 29.5 Å². The van der Waals surface area contributed by atoms with E-state index in [9.17, 15) is 9.50 Å². The van der Waals surface area contributed by atoms with Crippen LogP contribution in [0.25, 0.3) is 11.9 Å². The van der Waals surface area contributed by atoms with Gasteiger partial charge in [0.2, 0.25) is 0 Å². The van der Waals surface area contributed by atoms with Crippen LogP contribution in [0.4, 0.5) is 4.39 Å². The van der Waals surface area contributed by atoms with Gasteiger partial charge >= 0.3 is 0 Å². The van der Waals surface area contributed by atoms with Gasteiger partial charge in [-0.05, 0) is 73.4 Å². The maximum Gasteiger partial charge on any atom is 0.160 e. The van der Waals surface area contributed by atoms with E-state index in [1.54, 1.807) is 12.1 Å². The molecule has 0 spiro atoms. The number of phenols is 1. The first-order valence-corrected chi connectivity index (χ1v) is 6.75. The molecule has 0 atom stereocenters. The van der Waals surface area contributed by atoms with Crippen molar-refractivity contribution in [2.45, 2.75) is 20.8 Å². The summed E-state index contributed by atoms with van der Waals surface area (Å²) in [6.45, 7) is 5.97. The van der Waals surface area contributed by atoms with E-state index in [0.29, 0.717) is 16.9 Å². The Balaban J connectivity index is 2.39. The molecule has 0 amide bonds. The molecule has 0 heterocycles. The van der Waals surface area contributed by atoms with Gasteiger partial charge in [-0.25, -0.2) is 4.39 Å². The summed E-state index contributed by atoms with van der Waals surface area (Å²) < 4.78 is 19.3. The van der Waals surface area contributed by atoms with Crippen LogP contribution in [0.2, 0.25) is 0 Å². The first-order chi connectivity index (χ1) is 9.92. The van der Waals surface area contributed by atoms with Gasteiger partial charge in [-0.2, -0.15) is 0 Å². The van der Waals surface area contributed by atoms with Crippen LogP contribution in [-0.4, -0.2) is 12.2 Å². The molecule has 2 rings (SSSR count). The lowest BCUT2D eigenvalue weighted by molar-refractivity contribution is 0.373. The van der Waals surface area contributed by atoms with E-state index in [2.05, 4.69) is 0 Å². The van der Waals surface area contributed by atoms with E-state index >= 15 is 0 Å². The third kappa shape index (κ3) is 3.24. The molecule has 2 aromatic rings. The Bertz CT molecular complexity index is 679. The molecule has 0 bridgehead atoms. The van der Waals surface area contributed by atoms with Crippen molar-refractivity contribution in [3.8, 4) is 11.5 Å². The summed E-state index contributed by atoms with van der Waals surface area (Å²) in [5.41, 5.74) is 4.43. The monoisotopic (exact) mass is 286 g/mol. The number of hydrogen-bond acceptors (Lipinski definition) is 2. The van der Waals surface area contributed by atoms with Gasteiger partial charge in [0, 0.05) is 5.56 Å². The molecule has 0 aliphatic rings. The van der Waals surface area contributed by atoms with E-state index in [1.165, 1.54) is 24.8 Å². The first kappa shape index (κ1) is 15.1. The zero-order valence-corrected chi connectivity index (χ0v) is 12.7. The van der Waals surface area contributed by atoms with E-state index in [-0.39, 0.29) is 11.6 Å². The van der Waals surface area contributed by atoms with Crippen LogP contribution in [-0.2, 0) is 0 Å². The zero-order chi connectivity index (χ0) is 15.6.